The summed E-state index contributed by atoms with van der Waals surface area (Å²) >= 11 is 0. The summed E-state index contributed by atoms with van der Waals surface area (Å²) in [5.41, 5.74) is 0. The van der Waals surface area contributed by atoms with Crippen LogP contribution in [0.25, 0.3) is 0 Å². The van der Waals surface area contributed by atoms with Gasteiger partial charge in [-0.05, 0) is 12.1 Å². The van der Waals surface area contributed by atoms with Gasteiger partial charge in [0.25, 0.3) is 0 Å². The monoisotopic (exact) mass is 266 g/mol. The number of hydrogen-bond donors (Lipinski definition) is 1. The molecule has 1 saturated heterocycles. The van der Waals surface area contributed by atoms with Crippen LogP contribution in [-0.2, 0) is 0 Å². The molecule has 1 fully saturated rings. The Bertz CT molecular complexity index is 392. The Morgan fingerprint density at radius 2 is 1.89 bits per heavy atom. The largest absolute Gasteiger partial charge is 0.497 e. The van der Waals surface area contributed by atoms with Gasteiger partial charge in [-0.2, -0.15) is 0 Å². The molecule has 0 saturated carbocycles. The van der Waals surface area contributed by atoms with E-state index in [9.17, 15) is 0 Å². The first-order chi connectivity index (χ1) is 9.33. The fourth-order valence-corrected chi connectivity index (χ4v) is 2.12. The second-order valence-corrected chi connectivity index (χ2v) is 4.46. The summed E-state index contributed by atoms with van der Waals surface area (Å²) in [6.45, 7) is 5.87. The van der Waals surface area contributed by atoms with Crippen LogP contribution in [0.3, 0.4) is 0 Å². The lowest BCUT2D eigenvalue weighted by atomic mass is 10.3. The van der Waals surface area contributed by atoms with E-state index in [0.717, 1.165) is 50.0 Å². The molecule has 0 spiro atoms. The third-order valence-corrected chi connectivity index (χ3v) is 3.25. The highest BCUT2D eigenvalue weighted by molar-refractivity contribution is 5.45. The molecular formula is C14H22N2O3. The molecule has 5 nitrogen and oxygen atoms in total. The van der Waals surface area contributed by atoms with Gasteiger partial charge in [0.05, 0.1) is 14.2 Å². The normalized spacial score (nSPS) is 16.1. The van der Waals surface area contributed by atoms with E-state index in [1.165, 1.54) is 0 Å². The van der Waals surface area contributed by atoms with Gasteiger partial charge in [0, 0.05) is 38.8 Å². The molecular weight excluding hydrogens is 244 g/mol. The van der Waals surface area contributed by atoms with E-state index in [4.69, 9.17) is 14.2 Å². The average molecular weight is 266 g/mol. The second kappa shape index (κ2) is 7.21. The first-order valence-corrected chi connectivity index (χ1v) is 6.61. The van der Waals surface area contributed by atoms with Gasteiger partial charge in [0.15, 0.2) is 11.5 Å². The Labute approximate surface area is 114 Å². The number of piperazine rings is 1. The highest BCUT2D eigenvalue weighted by atomic mass is 16.5. The molecule has 1 aliphatic heterocycles. The van der Waals surface area contributed by atoms with E-state index in [2.05, 4.69) is 10.2 Å². The minimum absolute atomic E-state index is 0.656. The zero-order valence-corrected chi connectivity index (χ0v) is 11.6. The van der Waals surface area contributed by atoms with Crippen molar-refractivity contribution in [2.24, 2.45) is 0 Å². The summed E-state index contributed by atoms with van der Waals surface area (Å²) in [6, 6.07) is 5.58. The molecule has 0 aliphatic carbocycles. The Balaban J connectivity index is 1.86. The number of nitrogens with one attached hydrogen (secondary N) is 1. The molecule has 19 heavy (non-hydrogen) atoms. The van der Waals surface area contributed by atoms with Crippen molar-refractivity contribution >= 4 is 0 Å². The molecule has 1 aromatic carbocycles. The Morgan fingerprint density at radius 3 is 2.58 bits per heavy atom. The smallest absolute Gasteiger partial charge is 0.164 e. The van der Waals surface area contributed by atoms with Gasteiger partial charge in [-0.1, -0.05) is 0 Å². The summed E-state index contributed by atoms with van der Waals surface area (Å²) in [5, 5.41) is 3.34. The standard InChI is InChI=1S/C14H22N2O3/c1-17-12-3-4-13(18-2)14(11-12)19-10-9-16-7-5-15-6-8-16/h3-4,11,15H,5-10H2,1-2H3. The van der Waals surface area contributed by atoms with Crippen LogP contribution >= 0.6 is 0 Å². The van der Waals surface area contributed by atoms with Crippen LogP contribution < -0.4 is 19.5 Å². The number of methoxy groups -OCH3 is 2. The maximum absolute atomic E-state index is 5.81. The minimum atomic E-state index is 0.656. The third kappa shape index (κ3) is 4.01. The van der Waals surface area contributed by atoms with Crippen molar-refractivity contribution < 1.29 is 14.2 Å². The predicted molar refractivity (Wildman–Crippen MR) is 74.4 cm³/mol. The fourth-order valence-electron chi connectivity index (χ4n) is 2.12. The van der Waals surface area contributed by atoms with Crippen molar-refractivity contribution in [2.45, 2.75) is 0 Å². The zero-order valence-electron chi connectivity index (χ0n) is 11.6. The van der Waals surface area contributed by atoms with Gasteiger partial charge in [-0.3, -0.25) is 4.90 Å². The van der Waals surface area contributed by atoms with E-state index in [-0.39, 0.29) is 0 Å². The Kier molecular flexibility index (Phi) is 5.30. The lowest BCUT2D eigenvalue weighted by molar-refractivity contribution is 0.188. The van der Waals surface area contributed by atoms with Crippen molar-refractivity contribution in [3.8, 4) is 17.2 Å². The van der Waals surface area contributed by atoms with Crippen molar-refractivity contribution in [1.82, 2.24) is 10.2 Å². The molecule has 5 heteroatoms. The topological polar surface area (TPSA) is 43.0 Å². The molecule has 0 aromatic heterocycles. The molecule has 1 heterocycles. The quantitative estimate of drug-likeness (QED) is 0.831. The molecule has 2 rings (SSSR count). The number of nitrogens with zero attached hydrogens (tertiary/aromatic N) is 1. The van der Waals surface area contributed by atoms with E-state index in [0.29, 0.717) is 6.61 Å². The van der Waals surface area contributed by atoms with Crippen molar-refractivity contribution in [3.05, 3.63) is 18.2 Å². The van der Waals surface area contributed by atoms with Crippen molar-refractivity contribution in [2.75, 3.05) is 53.6 Å². The molecule has 0 bridgehead atoms. The van der Waals surface area contributed by atoms with Crippen LogP contribution in [0.4, 0.5) is 0 Å². The van der Waals surface area contributed by atoms with Crippen LogP contribution in [0, 0.1) is 0 Å². The number of hydrogen-bond acceptors (Lipinski definition) is 5. The van der Waals surface area contributed by atoms with Crippen LogP contribution in [0.2, 0.25) is 0 Å². The lowest BCUT2D eigenvalue weighted by Gasteiger charge is -2.27. The Morgan fingerprint density at radius 1 is 1.11 bits per heavy atom. The SMILES string of the molecule is COc1ccc(OC)c(OCCN2CCNCC2)c1. The molecule has 0 atom stereocenters. The van der Waals surface area contributed by atoms with Crippen molar-refractivity contribution in [1.29, 1.82) is 0 Å². The highest BCUT2D eigenvalue weighted by Gasteiger charge is 2.10. The van der Waals surface area contributed by atoms with E-state index >= 15 is 0 Å². The van der Waals surface area contributed by atoms with Crippen LogP contribution in [0.5, 0.6) is 17.2 Å². The molecule has 0 radical (unpaired) electrons. The van der Waals surface area contributed by atoms with E-state index < -0.39 is 0 Å². The summed E-state index contributed by atoms with van der Waals surface area (Å²) in [5.74, 6) is 2.25. The molecule has 0 unspecified atom stereocenters. The van der Waals surface area contributed by atoms with Gasteiger partial charge in [-0.15, -0.1) is 0 Å². The van der Waals surface area contributed by atoms with E-state index in [1.54, 1.807) is 14.2 Å². The molecule has 0 amide bonds. The lowest BCUT2D eigenvalue weighted by Crippen LogP contribution is -2.44. The predicted octanol–water partition coefficient (Wildman–Crippen LogP) is 0.988. The zero-order chi connectivity index (χ0) is 13.5. The Hall–Kier alpha value is -1.46. The number of rotatable bonds is 6. The first kappa shape index (κ1) is 14.0. The van der Waals surface area contributed by atoms with Crippen LogP contribution in [0.1, 0.15) is 0 Å². The van der Waals surface area contributed by atoms with Gasteiger partial charge in [0.2, 0.25) is 0 Å². The van der Waals surface area contributed by atoms with Crippen LogP contribution in [0.15, 0.2) is 18.2 Å². The summed E-state index contributed by atoms with van der Waals surface area (Å²) in [4.78, 5) is 2.39. The average Bonchev–Trinajstić information content (AvgIpc) is 2.48. The number of ether oxygens (including phenoxy) is 3. The molecule has 1 aromatic rings. The second-order valence-electron chi connectivity index (χ2n) is 4.46. The van der Waals surface area contributed by atoms with Gasteiger partial charge < -0.3 is 19.5 Å². The van der Waals surface area contributed by atoms with Crippen molar-refractivity contribution in [3.63, 3.8) is 0 Å². The minimum Gasteiger partial charge on any atom is -0.497 e. The third-order valence-electron chi connectivity index (χ3n) is 3.25. The highest BCUT2D eigenvalue weighted by Crippen LogP contribution is 2.31. The molecule has 106 valence electrons. The maximum atomic E-state index is 5.81. The maximum Gasteiger partial charge on any atom is 0.164 e. The molecule has 1 N–H and O–H groups in total. The van der Waals surface area contributed by atoms with Crippen LogP contribution in [-0.4, -0.2) is 58.5 Å². The van der Waals surface area contributed by atoms with Gasteiger partial charge in [-0.25, -0.2) is 0 Å². The summed E-state index contributed by atoms with van der Waals surface area (Å²) in [7, 11) is 3.29. The molecule has 1 aliphatic rings. The summed E-state index contributed by atoms with van der Waals surface area (Å²) < 4.78 is 16.3. The van der Waals surface area contributed by atoms with Gasteiger partial charge >= 0.3 is 0 Å². The van der Waals surface area contributed by atoms with Gasteiger partial charge in [0.1, 0.15) is 12.4 Å². The van der Waals surface area contributed by atoms with E-state index in [1.807, 2.05) is 18.2 Å². The number of benzene rings is 1. The first-order valence-electron chi connectivity index (χ1n) is 6.61. The summed E-state index contributed by atoms with van der Waals surface area (Å²) in [6.07, 6.45) is 0. The fraction of sp³-hybridized carbons (Fsp3) is 0.571.